The third-order valence-electron chi connectivity index (χ3n) is 3.61. The molecule has 0 saturated carbocycles. The summed E-state index contributed by atoms with van der Waals surface area (Å²) in [7, 11) is 1.57. The van der Waals surface area contributed by atoms with Crippen molar-refractivity contribution in [1.29, 1.82) is 0 Å². The number of carbonyl (C=O) groups is 2. The smallest absolute Gasteiger partial charge is 0.290 e. The lowest BCUT2D eigenvalue weighted by Crippen LogP contribution is -2.22. The third-order valence-corrected chi connectivity index (χ3v) is 3.61. The maximum Gasteiger partial charge on any atom is 0.290 e. The topological polar surface area (TPSA) is 72.4 Å². The predicted molar refractivity (Wildman–Crippen MR) is 78.1 cm³/mol. The van der Waals surface area contributed by atoms with Gasteiger partial charge in [-0.15, -0.1) is 0 Å². The van der Waals surface area contributed by atoms with Crippen molar-refractivity contribution < 1.29 is 18.7 Å². The number of halogens is 1. The van der Waals surface area contributed by atoms with Gasteiger partial charge in [-0.25, -0.2) is 14.4 Å². The molecule has 1 aromatic carbocycles. The van der Waals surface area contributed by atoms with Crippen LogP contribution in [0.1, 0.15) is 17.3 Å². The van der Waals surface area contributed by atoms with E-state index in [2.05, 4.69) is 9.97 Å². The molecule has 2 heterocycles. The van der Waals surface area contributed by atoms with Gasteiger partial charge in [0.1, 0.15) is 24.2 Å². The molecule has 0 radical (unpaired) electrons. The van der Waals surface area contributed by atoms with Crippen molar-refractivity contribution in [2.75, 3.05) is 13.6 Å². The summed E-state index contributed by atoms with van der Waals surface area (Å²) in [5, 5.41) is 0. The van der Waals surface area contributed by atoms with E-state index >= 15 is 0 Å². The molecule has 1 aliphatic heterocycles. The number of carbonyl (C=O) groups excluding carboxylic acids is 2. The first-order valence-corrected chi connectivity index (χ1v) is 7.03. The van der Waals surface area contributed by atoms with Crippen molar-refractivity contribution >= 4 is 11.7 Å². The SMILES string of the molecule is CN1CC(c2ncc(OCc3ccc(F)cc3)cn2)C(=O)C1=O. The lowest BCUT2D eigenvalue weighted by Gasteiger charge is -2.09. The molecule has 3 rings (SSSR count). The molecule has 1 fully saturated rings. The second kappa shape index (κ2) is 6.12. The highest BCUT2D eigenvalue weighted by Gasteiger charge is 2.39. The summed E-state index contributed by atoms with van der Waals surface area (Å²) in [6.45, 7) is 0.542. The number of likely N-dealkylation sites (N-methyl/N-ethyl adjacent to an activating group) is 1. The van der Waals surface area contributed by atoms with Gasteiger partial charge in [-0.1, -0.05) is 12.1 Å². The zero-order valence-electron chi connectivity index (χ0n) is 12.4. The number of ketones is 1. The van der Waals surface area contributed by atoms with E-state index < -0.39 is 17.6 Å². The minimum atomic E-state index is -0.626. The van der Waals surface area contributed by atoms with Gasteiger partial charge in [0.05, 0.1) is 12.4 Å². The van der Waals surface area contributed by atoms with Gasteiger partial charge in [0.15, 0.2) is 5.75 Å². The van der Waals surface area contributed by atoms with E-state index in [1.54, 1.807) is 19.2 Å². The number of amides is 1. The van der Waals surface area contributed by atoms with E-state index in [0.717, 1.165) is 5.56 Å². The highest BCUT2D eigenvalue weighted by atomic mass is 19.1. The van der Waals surface area contributed by atoms with Gasteiger partial charge >= 0.3 is 0 Å². The van der Waals surface area contributed by atoms with E-state index in [9.17, 15) is 14.0 Å². The Morgan fingerprint density at radius 1 is 1.22 bits per heavy atom. The lowest BCUT2D eigenvalue weighted by molar-refractivity contribution is -0.139. The van der Waals surface area contributed by atoms with Crippen LogP contribution in [0.2, 0.25) is 0 Å². The van der Waals surface area contributed by atoms with Crippen LogP contribution in [-0.4, -0.2) is 40.2 Å². The average molecular weight is 315 g/mol. The molecule has 1 amide bonds. The highest BCUT2D eigenvalue weighted by Crippen LogP contribution is 2.22. The minimum absolute atomic E-state index is 0.257. The number of nitrogens with zero attached hydrogens (tertiary/aromatic N) is 3. The number of benzene rings is 1. The summed E-state index contributed by atoms with van der Waals surface area (Å²) in [4.78, 5) is 32.9. The van der Waals surface area contributed by atoms with Gasteiger partial charge in [-0.2, -0.15) is 0 Å². The van der Waals surface area contributed by atoms with Crippen molar-refractivity contribution in [3.8, 4) is 5.75 Å². The van der Waals surface area contributed by atoms with Crippen molar-refractivity contribution in [2.24, 2.45) is 0 Å². The Labute approximate surface area is 131 Å². The molecule has 2 aromatic rings. The quantitative estimate of drug-likeness (QED) is 0.796. The number of likely N-dealkylation sites (tertiary alicyclic amines) is 1. The zero-order chi connectivity index (χ0) is 16.4. The summed E-state index contributed by atoms with van der Waals surface area (Å²) in [5.74, 6) is -1.20. The predicted octanol–water partition coefficient (Wildman–Crippen LogP) is 1.32. The van der Waals surface area contributed by atoms with Gasteiger partial charge < -0.3 is 9.64 Å². The second-order valence-corrected chi connectivity index (χ2v) is 5.29. The molecule has 1 aromatic heterocycles. The molecule has 6 nitrogen and oxygen atoms in total. The van der Waals surface area contributed by atoms with Crippen LogP contribution in [0, 0.1) is 5.82 Å². The number of hydrogen-bond acceptors (Lipinski definition) is 5. The average Bonchev–Trinajstić information content (AvgIpc) is 2.82. The van der Waals surface area contributed by atoms with Gasteiger partial charge in [-0.05, 0) is 17.7 Å². The summed E-state index contributed by atoms with van der Waals surface area (Å²) in [5.41, 5.74) is 0.814. The molecule has 0 bridgehead atoms. The van der Waals surface area contributed by atoms with Crippen LogP contribution in [0.25, 0.3) is 0 Å². The molecular weight excluding hydrogens is 301 g/mol. The molecule has 1 saturated heterocycles. The first-order chi connectivity index (χ1) is 11.0. The molecule has 1 unspecified atom stereocenters. The summed E-state index contributed by atoms with van der Waals surface area (Å²) < 4.78 is 18.3. The van der Waals surface area contributed by atoms with Gasteiger partial charge in [-0.3, -0.25) is 9.59 Å². The number of hydrogen-bond donors (Lipinski definition) is 0. The molecule has 0 N–H and O–H groups in total. The molecule has 0 aliphatic carbocycles. The minimum Gasteiger partial charge on any atom is -0.486 e. The number of aromatic nitrogens is 2. The van der Waals surface area contributed by atoms with Crippen LogP contribution >= 0.6 is 0 Å². The van der Waals surface area contributed by atoms with Crippen LogP contribution in [0.4, 0.5) is 4.39 Å². The van der Waals surface area contributed by atoms with Gasteiger partial charge in [0.2, 0.25) is 5.78 Å². The maximum atomic E-state index is 12.8. The summed E-state index contributed by atoms with van der Waals surface area (Å²) >= 11 is 0. The standard InChI is InChI=1S/C16H14FN3O3/c1-20-8-13(14(21)16(20)22)15-18-6-12(7-19-15)23-9-10-2-4-11(17)5-3-10/h2-7,13H,8-9H2,1H3. The van der Waals surface area contributed by atoms with Crippen LogP contribution in [0.3, 0.4) is 0 Å². The Balaban J connectivity index is 1.64. The second-order valence-electron chi connectivity index (χ2n) is 5.29. The molecule has 7 heteroatoms. The fourth-order valence-electron chi connectivity index (χ4n) is 2.30. The number of ether oxygens (including phenoxy) is 1. The largest absolute Gasteiger partial charge is 0.486 e. The Hall–Kier alpha value is -2.83. The van der Waals surface area contributed by atoms with Crippen LogP contribution < -0.4 is 4.74 Å². The van der Waals surface area contributed by atoms with E-state index in [4.69, 9.17) is 4.74 Å². The maximum absolute atomic E-state index is 12.8. The van der Waals surface area contributed by atoms with E-state index in [1.807, 2.05) is 0 Å². The van der Waals surface area contributed by atoms with Crippen molar-refractivity contribution in [2.45, 2.75) is 12.5 Å². The molecular formula is C16H14FN3O3. The zero-order valence-corrected chi connectivity index (χ0v) is 12.4. The highest BCUT2D eigenvalue weighted by molar-refractivity contribution is 6.40. The fourth-order valence-corrected chi connectivity index (χ4v) is 2.30. The number of rotatable bonds is 4. The monoisotopic (exact) mass is 315 g/mol. The fraction of sp³-hybridized carbons (Fsp3) is 0.250. The molecule has 0 spiro atoms. The normalized spacial score (nSPS) is 17.7. The van der Waals surface area contributed by atoms with Gasteiger partial charge in [0.25, 0.3) is 5.91 Å². The summed E-state index contributed by atoms with van der Waals surface area (Å²) in [6, 6.07) is 5.97. The Kier molecular flexibility index (Phi) is 4.01. The van der Waals surface area contributed by atoms with Crippen molar-refractivity contribution in [3.05, 3.63) is 53.9 Å². The Morgan fingerprint density at radius 3 is 2.43 bits per heavy atom. The van der Waals surface area contributed by atoms with Crippen LogP contribution in [0.15, 0.2) is 36.7 Å². The first-order valence-electron chi connectivity index (χ1n) is 7.03. The van der Waals surface area contributed by atoms with Crippen molar-refractivity contribution in [1.82, 2.24) is 14.9 Å². The molecule has 118 valence electrons. The van der Waals surface area contributed by atoms with E-state index in [0.29, 0.717) is 11.6 Å². The Bertz CT molecular complexity index is 731. The molecule has 1 aliphatic rings. The first kappa shape index (κ1) is 15.1. The molecule has 1 atom stereocenters. The van der Waals surface area contributed by atoms with E-state index in [1.165, 1.54) is 29.4 Å². The van der Waals surface area contributed by atoms with E-state index in [-0.39, 0.29) is 19.0 Å². The van der Waals surface area contributed by atoms with Crippen LogP contribution in [-0.2, 0) is 16.2 Å². The third kappa shape index (κ3) is 3.18. The van der Waals surface area contributed by atoms with Crippen LogP contribution in [0.5, 0.6) is 5.75 Å². The van der Waals surface area contributed by atoms with Crippen molar-refractivity contribution in [3.63, 3.8) is 0 Å². The van der Waals surface area contributed by atoms with Gasteiger partial charge in [0, 0.05) is 13.6 Å². The number of Topliss-reactive ketones (excluding diaryl/α,β-unsaturated/α-hetero) is 1. The lowest BCUT2D eigenvalue weighted by atomic mass is 10.1. The molecule has 23 heavy (non-hydrogen) atoms. The summed E-state index contributed by atoms with van der Waals surface area (Å²) in [6.07, 6.45) is 2.92. The Morgan fingerprint density at radius 2 is 1.87 bits per heavy atom.